The van der Waals surface area contributed by atoms with Crippen LogP contribution in [0, 0.1) is 11.8 Å². The lowest BCUT2D eigenvalue weighted by Gasteiger charge is -1.85. The van der Waals surface area contributed by atoms with Gasteiger partial charge in [-0.1, -0.05) is 24.0 Å². The van der Waals surface area contributed by atoms with Crippen molar-refractivity contribution in [3.8, 4) is 11.8 Å². The Morgan fingerprint density at radius 1 is 1.38 bits per heavy atom. The van der Waals surface area contributed by atoms with Gasteiger partial charge >= 0.3 is 0 Å². The van der Waals surface area contributed by atoms with E-state index in [0.29, 0.717) is 0 Å². The fourth-order valence-electron chi connectivity index (χ4n) is 0.922. The van der Waals surface area contributed by atoms with E-state index in [-0.39, 0.29) is 0 Å². The third kappa shape index (κ3) is 4.12. The van der Waals surface area contributed by atoms with E-state index in [1.165, 1.54) is 0 Å². The van der Waals surface area contributed by atoms with Crippen molar-refractivity contribution in [2.24, 2.45) is 0 Å². The van der Waals surface area contributed by atoms with Crippen molar-refractivity contribution >= 4 is 0 Å². The van der Waals surface area contributed by atoms with E-state index in [4.69, 9.17) is 0 Å². The van der Waals surface area contributed by atoms with E-state index in [9.17, 15) is 0 Å². The van der Waals surface area contributed by atoms with Gasteiger partial charge in [-0.3, -0.25) is 4.98 Å². The van der Waals surface area contributed by atoms with Crippen LogP contribution in [0.3, 0.4) is 0 Å². The van der Waals surface area contributed by atoms with Crippen LogP contribution in [0.15, 0.2) is 36.7 Å². The van der Waals surface area contributed by atoms with E-state index in [1.54, 1.807) is 12.4 Å². The molecule has 1 heterocycles. The van der Waals surface area contributed by atoms with Gasteiger partial charge in [0.2, 0.25) is 0 Å². The Hall–Kier alpha value is -1.55. The highest BCUT2D eigenvalue weighted by Crippen LogP contribution is 1.94. The Morgan fingerprint density at radius 2 is 2.15 bits per heavy atom. The zero-order chi connectivity index (χ0) is 9.36. The second-order valence-corrected chi connectivity index (χ2v) is 2.65. The lowest BCUT2D eigenvalue weighted by atomic mass is 10.2. The van der Waals surface area contributed by atoms with Crippen molar-refractivity contribution in [3.63, 3.8) is 0 Å². The summed E-state index contributed by atoms with van der Waals surface area (Å²) < 4.78 is 0. The van der Waals surface area contributed by atoms with Gasteiger partial charge in [-0.15, -0.1) is 0 Å². The Bertz CT molecular complexity index is 314. The van der Waals surface area contributed by atoms with Crippen LogP contribution in [-0.2, 0) is 0 Å². The molecule has 0 aromatic carbocycles. The molecular formula is C12H13N. The maximum absolute atomic E-state index is 3.92. The van der Waals surface area contributed by atoms with Crippen molar-refractivity contribution in [2.75, 3.05) is 0 Å². The van der Waals surface area contributed by atoms with Crippen LogP contribution in [0.5, 0.6) is 0 Å². The first-order valence-corrected chi connectivity index (χ1v) is 4.43. The molecular weight excluding hydrogens is 158 g/mol. The third-order valence-electron chi connectivity index (χ3n) is 1.58. The van der Waals surface area contributed by atoms with E-state index < -0.39 is 0 Å². The molecule has 0 N–H and O–H groups in total. The summed E-state index contributed by atoms with van der Waals surface area (Å²) in [5, 5.41) is 0. The SMILES string of the molecule is CC=CCCC#Cc1ccncc1. The molecule has 1 heteroatoms. The minimum absolute atomic E-state index is 0.923. The van der Waals surface area contributed by atoms with Crippen molar-refractivity contribution in [2.45, 2.75) is 19.8 Å². The van der Waals surface area contributed by atoms with E-state index in [2.05, 4.69) is 22.9 Å². The molecule has 0 saturated carbocycles. The van der Waals surface area contributed by atoms with Crippen LogP contribution in [0.2, 0.25) is 0 Å². The number of pyridine rings is 1. The summed E-state index contributed by atoms with van der Waals surface area (Å²) >= 11 is 0. The Labute approximate surface area is 79.5 Å². The molecule has 1 nitrogen and oxygen atoms in total. The fraction of sp³-hybridized carbons (Fsp3) is 0.250. The molecule has 0 bridgehead atoms. The second-order valence-electron chi connectivity index (χ2n) is 2.65. The smallest absolute Gasteiger partial charge is 0.0280 e. The van der Waals surface area contributed by atoms with Gasteiger partial charge in [0, 0.05) is 24.4 Å². The van der Waals surface area contributed by atoms with E-state index in [1.807, 2.05) is 25.1 Å². The monoisotopic (exact) mass is 171 g/mol. The molecule has 0 unspecified atom stereocenters. The first-order valence-electron chi connectivity index (χ1n) is 4.43. The van der Waals surface area contributed by atoms with Gasteiger partial charge in [0.15, 0.2) is 0 Å². The summed E-state index contributed by atoms with van der Waals surface area (Å²) in [6.07, 6.45) is 9.66. The van der Waals surface area contributed by atoms with Crippen LogP contribution in [-0.4, -0.2) is 4.98 Å². The number of nitrogens with zero attached hydrogens (tertiary/aromatic N) is 1. The Morgan fingerprint density at radius 3 is 2.85 bits per heavy atom. The summed E-state index contributed by atoms with van der Waals surface area (Å²) in [5.41, 5.74) is 1.04. The van der Waals surface area contributed by atoms with Crippen molar-refractivity contribution < 1.29 is 0 Å². The zero-order valence-electron chi connectivity index (χ0n) is 7.83. The van der Waals surface area contributed by atoms with E-state index in [0.717, 1.165) is 18.4 Å². The molecule has 0 aliphatic heterocycles. The standard InChI is InChI=1S/C12H13N/c1-2-3-4-5-6-7-12-8-10-13-11-9-12/h2-3,8-11H,4-5H2,1H3. The van der Waals surface area contributed by atoms with Crippen molar-refractivity contribution in [1.29, 1.82) is 0 Å². The van der Waals surface area contributed by atoms with Gasteiger partial charge in [-0.05, 0) is 25.5 Å². The molecule has 66 valence electrons. The molecule has 0 amide bonds. The van der Waals surface area contributed by atoms with Gasteiger partial charge in [0.05, 0.1) is 0 Å². The minimum Gasteiger partial charge on any atom is -0.265 e. The number of rotatable bonds is 2. The quantitative estimate of drug-likeness (QED) is 0.379. The normalized spacial score (nSPS) is 9.62. The number of aromatic nitrogens is 1. The lowest BCUT2D eigenvalue weighted by Crippen LogP contribution is -1.74. The molecule has 1 rings (SSSR count). The topological polar surface area (TPSA) is 12.9 Å². The molecule has 0 radical (unpaired) electrons. The minimum atomic E-state index is 0.923. The maximum Gasteiger partial charge on any atom is 0.0280 e. The molecule has 1 aromatic heterocycles. The number of unbranched alkanes of at least 4 members (excludes halogenated alkanes) is 1. The second kappa shape index (κ2) is 6.02. The van der Waals surface area contributed by atoms with Crippen LogP contribution in [0.1, 0.15) is 25.3 Å². The average Bonchev–Trinajstić information content (AvgIpc) is 2.19. The molecule has 0 spiro atoms. The molecule has 1 aromatic rings. The molecule has 0 aliphatic carbocycles. The van der Waals surface area contributed by atoms with Crippen LogP contribution >= 0.6 is 0 Å². The zero-order valence-corrected chi connectivity index (χ0v) is 7.83. The first kappa shape index (κ1) is 9.54. The molecule has 0 fully saturated rings. The van der Waals surface area contributed by atoms with Crippen molar-refractivity contribution in [1.82, 2.24) is 4.98 Å². The van der Waals surface area contributed by atoms with Crippen LogP contribution in [0.4, 0.5) is 0 Å². The lowest BCUT2D eigenvalue weighted by molar-refractivity contribution is 1.08. The number of hydrogen-bond acceptors (Lipinski definition) is 1. The predicted octanol–water partition coefficient (Wildman–Crippen LogP) is 2.79. The first-order chi connectivity index (χ1) is 6.43. The summed E-state index contributed by atoms with van der Waals surface area (Å²) in [5.74, 6) is 6.19. The highest BCUT2D eigenvalue weighted by molar-refractivity contribution is 5.31. The Kier molecular flexibility index (Phi) is 4.42. The predicted molar refractivity (Wildman–Crippen MR) is 55.2 cm³/mol. The summed E-state index contributed by atoms with van der Waals surface area (Å²) in [7, 11) is 0. The van der Waals surface area contributed by atoms with E-state index >= 15 is 0 Å². The van der Waals surface area contributed by atoms with Gasteiger partial charge < -0.3 is 0 Å². The summed E-state index contributed by atoms with van der Waals surface area (Å²) in [4.78, 5) is 3.92. The molecule has 0 saturated heterocycles. The fourth-order valence-corrected chi connectivity index (χ4v) is 0.922. The maximum atomic E-state index is 3.92. The molecule has 0 atom stereocenters. The highest BCUT2D eigenvalue weighted by Gasteiger charge is 1.81. The van der Waals surface area contributed by atoms with Crippen molar-refractivity contribution in [3.05, 3.63) is 42.2 Å². The van der Waals surface area contributed by atoms with Gasteiger partial charge in [0.1, 0.15) is 0 Å². The third-order valence-corrected chi connectivity index (χ3v) is 1.58. The Balaban J connectivity index is 2.40. The van der Waals surface area contributed by atoms with Gasteiger partial charge in [-0.25, -0.2) is 0 Å². The number of allylic oxidation sites excluding steroid dienone is 2. The molecule has 13 heavy (non-hydrogen) atoms. The highest BCUT2D eigenvalue weighted by atomic mass is 14.6. The largest absolute Gasteiger partial charge is 0.265 e. The van der Waals surface area contributed by atoms with Gasteiger partial charge in [-0.2, -0.15) is 0 Å². The summed E-state index contributed by atoms with van der Waals surface area (Å²) in [6.45, 7) is 2.02. The summed E-state index contributed by atoms with van der Waals surface area (Å²) in [6, 6.07) is 3.84. The van der Waals surface area contributed by atoms with Crippen LogP contribution in [0.25, 0.3) is 0 Å². The average molecular weight is 171 g/mol. The molecule has 0 aliphatic rings. The van der Waals surface area contributed by atoms with Gasteiger partial charge in [0.25, 0.3) is 0 Å². The number of hydrogen-bond donors (Lipinski definition) is 0. The van der Waals surface area contributed by atoms with Crippen LogP contribution < -0.4 is 0 Å².